The van der Waals surface area contributed by atoms with Gasteiger partial charge in [-0.25, -0.2) is 0 Å². The molecule has 0 aromatic heterocycles. The molecule has 4 heteroatoms. The van der Waals surface area contributed by atoms with Gasteiger partial charge in [-0.05, 0) is 6.07 Å². The molecule has 0 radical (unpaired) electrons. The first-order valence-corrected chi connectivity index (χ1v) is 5.72. The summed E-state index contributed by atoms with van der Waals surface area (Å²) in [5.74, 6) is 1.53. The molecule has 0 saturated carbocycles. The van der Waals surface area contributed by atoms with Crippen LogP contribution in [0.5, 0.6) is 11.5 Å². The first kappa shape index (κ1) is 13.1. The maximum Gasteiger partial charge on any atom is 0.165 e. The number of hydrogen-bond acceptors (Lipinski definition) is 3. The van der Waals surface area contributed by atoms with E-state index in [4.69, 9.17) is 9.47 Å². The molecule has 0 atom stereocenters. The summed E-state index contributed by atoms with van der Waals surface area (Å²) in [6.07, 6.45) is 0. The predicted molar refractivity (Wildman–Crippen MR) is 69.3 cm³/mol. The van der Waals surface area contributed by atoms with E-state index >= 15 is 0 Å². The molecule has 1 aromatic carbocycles. The van der Waals surface area contributed by atoms with E-state index in [9.17, 15) is 0 Å². The Labute approximate surface area is 105 Å². The Balaban J connectivity index is 2.74. The fraction of sp³-hybridized carbons (Fsp3) is 0.333. The molecule has 0 aliphatic rings. The number of methoxy groups -OCH3 is 2. The van der Waals surface area contributed by atoms with Crippen molar-refractivity contribution in [3.8, 4) is 11.5 Å². The van der Waals surface area contributed by atoms with Crippen LogP contribution in [0.25, 0.3) is 0 Å². The number of ether oxygens (including phenoxy) is 2. The largest absolute Gasteiger partial charge is 0.493 e. The maximum atomic E-state index is 5.33. The van der Waals surface area contributed by atoms with Crippen LogP contribution in [-0.4, -0.2) is 20.8 Å². The highest BCUT2D eigenvalue weighted by atomic mass is 79.9. The molecule has 88 valence electrons. The van der Waals surface area contributed by atoms with E-state index in [0.29, 0.717) is 6.54 Å². The van der Waals surface area contributed by atoms with Crippen molar-refractivity contribution in [3.05, 3.63) is 34.8 Å². The monoisotopic (exact) mass is 285 g/mol. The molecule has 1 N–H and O–H groups in total. The normalized spacial score (nSPS) is 9.94. The summed E-state index contributed by atoms with van der Waals surface area (Å²) < 4.78 is 11.5. The van der Waals surface area contributed by atoms with Gasteiger partial charge in [-0.1, -0.05) is 34.6 Å². The van der Waals surface area contributed by atoms with Crippen LogP contribution in [0.4, 0.5) is 0 Å². The lowest BCUT2D eigenvalue weighted by Crippen LogP contribution is -2.15. The third-order valence-corrected chi connectivity index (χ3v) is 2.40. The number of para-hydroxylation sites is 1. The van der Waals surface area contributed by atoms with E-state index in [-0.39, 0.29) is 0 Å². The van der Waals surface area contributed by atoms with Gasteiger partial charge in [0.2, 0.25) is 0 Å². The molecule has 0 aliphatic carbocycles. The molecule has 0 aliphatic heterocycles. The highest BCUT2D eigenvalue weighted by molar-refractivity contribution is 9.11. The molecule has 0 fully saturated rings. The topological polar surface area (TPSA) is 30.5 Å². The standard InChI is InChI=1S/C12H16BrNO2/c1-9(13)7-14-8-10-5-4-6-11(15-2)12(10)16-3/h4-6,14H,1,7-8H2,2-3H3. The van der Waals surface area contributed by atoms with Gasteiger partial charge >= 0.3 is 0 Å². The number of rotatable bonds is 6. The first-order chi connectivity index (χ1) is 7.69. The molecule has 1 rings (SSSR count). The van der Waals surface area contributed by atoms with Crippen LogP contribution in [0.15, 0.2) is 29.3 Å². The van der Waals surface area contributed by atoms with Crippen LogP contribution in [0.2, 0.25) is 0 Å². The third kappa shape index (κ3) is 3.54. The Kier molecular flexibility index (Phi) is 5.35. The quantitative estimate of drug-likeness (QED) is 0.872. The third-order valence-electron chi connectivity index (χ3n) is 2.12. The Bertz CT molecular complexity index is 366. The molecular formula is C12H16BrNO2. The van der Waals surface area contributed by atoms with Gasteiger partial charge in [0, 0.05) is 23.1 Å². The molecule has 0 unspecified atom stereocenters. The van der Waals surface area contributed by atoms with Crippen molar-refractivity contribution in [3.63, 3.8) is 0 Å². The van der Waals surface area contributed by atoms with Gasteiger partial charge in [0.05, 0.1) is 14.2 Å². The molecule has 0 spiro atoms. The zero-order valence-corrected chi connectivity index (χ0v) is 11.1. The van der Waals surface area contributed by atoms with E-state index in [2.05, 4.69) is 27.8 Å². The van der Waals surface area contributed by atoms with Gasteiger partial charge in [0.1, 0.15) is 0 Å². The summed E-state index contributed by atoms with van der Waals surface area (Å²) >= 11 is 3.30. The van der Waals surface area contributed by atoms with E-state index in [1.165, 1.54) is 0 Å². The van der Waals surface area contributed by atoms with Crippen LogP contribution >= 0.6 is 15.9 Å². The van der Waals surface area contributed by atoms with Crippen molar-refractivity contribution in [1.29, 1.82) is 0 Å². The average molecular weight is 286 g/mol. The highest BCUT2D eigenvalue weighted by Crippen LogP contribution is 2.30. The zero-order valence-electron chi connectivity index (χ0n) is 9.55. The molecule has 16 heavy (non-hydrogen) atoms. The zero-order chi connectivity index (χ0) is 12.0. The van der Waals surface area contributed by atoms with Gasteiger partial charge < -0.3 is 14.8 Å². The molecule has 0 saturated heterocycles. The lowest BCUT2D eigenvalue weighted by molar-refractivity contribution is 0.351. The van der Waals surface area contributed by atoms with Crippen LogP contribution in [-0.2, 0) is 6.54 Å². The van der Waals surface area contributed by atoms with Crippen molar-refractivity contribution in [2.75, 3.05) is 20.8 Å². The Hall–Kier alpha value is -1.00. The SMILES string of the molecule is C=C(Br)CNCc1cccc(OC)c1OC. The lowest BCUT2D eigenvalue weighted by atomic mass is 10.2. The van der Waals surface area contributed by atoms with E-state index < -0.39 is 0 Å². The van der Waals surface area contributed by atoms with Gasteiger partial charge in [0.15, 0.2) is 11.5 Å². The second-order valence-electron chi connectivity index (χ2n) is 3.27. The summed E-state index contributed by atoms with van der Waals surface area (Å²) in [4.78, 5) is 0. The van der Waals surface area contributed by atoms with Crippen LogP contribution in [0.1, 0.15) is 5.56 Å². The van der Waals surface area contributed by atoms with Crippen molar-refractivity contribution < 1.29 is 9.47 Å². The van der Waals surface area contributed by atoms with Gasteiger partial charge in [-0.2, -0.15) is 0 Å². The molecule has 0 amide bonds. The fourth-order valence-corrected chi connectivity index (χ4v) is 1.62. The van der Waals surface area contributed by atoms with Gasteiger partial charge in [-0.15, -0.1) is 0 Å². The Morgan fingerprint density at radius 2 is 2.12 bits per heavy atom. The fourth-order valence-electron chi connectivity index (χ4n) is 1.43. The minimum absolute atomic E-state index is 0.713. The first-order valence-electron chi connectivity index (χ1n) is 4.93. The Morgan fingerprint density at radius 3 is 2.69 bits per heavy atom. The minimum atomic E-state index is 0.713. The Morgan fingerprint density at radius 1 is 1.38 bits per heavy atom. The van der Waals surface area contributed by atoms with Crippen LogP contribution < -0.4 is 14.8 Å². The summed E-state index contributed by atoms with van der Waals surface area (Å²) in [5.41, 5.74) is 1.07. The summed E-state index contributed by atoms with van der Waals surface area (Å²) in [6.45, 7) is 5.20. The van der Waals surface area contributed by atoms with Crippen molar-refractivity contribution in [2.24, 2.45) is 0 Å². The summed E-state index contributed by atoms with van der Waals surface area (Å²) in [7, 11) is 3.28. The predicted octanol–water partition coefficient (Wildman–Crippen LogP) is 2.70. The number of hydrogen-bond donors (Lipinski definition) is 1. The van der Waals surface area contributed by atoms with E-state index in [1.807, 2.05) is 18.2 Å². The smallest absolute Gasteiger partial charge is 0.165 e. The lowest BCUT2D eigenvalue weighted by Gasteiger charge is -2.12. The molecule has 0 bridgehead atoms. The van der Waals surface area contributed by atoms with Crippen molar-refractivity contribution in [2.45, 2.75) is 6.54 Å². The number of nitrogens with one attached hydrogen (secondary N) is 1. The van der Waals surface area contributed by atoms with E-state index in [1.54, 1.807) is 14.2 Å². The summed E-state index contributed by atoms with van der Waals surface area (Å²) in [5, 5.41) is 3.25. The molecule has 1 aromatic rings. The second kappa shape index (κ2) is 6.55. The van der Waals surface area contributed by atoms with Crippen molar-refractivity contribution >= 4 is 15.9 Å². The summed E-state index contributed by atoms with van der Waals surface area (Å²) in [6, 6.07) is 5.83. The molecular weight excluding hydrogens is 270 g/mol. The molecule has 0 heterocycles. The average Bonchev–Trinajstić information content (AvgIpc) is 2.28. The maximum absolute atomic E-state index is 5.33. The van der Waals surface area contributed by atoms with Gasteiger partial charge in [-0.3, -0.25) is 0 Å². The number of halogens is 1. The van der Waals surface area contributed by atoms with Crippen LogP contribution in [0.3, 0.4) is 0 Å². The van der Waals surface area contributed by atoms with Crippen LogP contribution in [0, 0.1) is 0 Å². The number of benzene rings is 1. The minimum Gasteiger partial charge on any atom is -0.493 e. The van der Waals surface area contributed by atoms with E-state index in [0.717, 1.165) is 28.1 Å². The van der Waals surface area contributed by atoms with Crippen molar-refractivity contribution in [1.82, 2.24) is 5.32 Å². The van der Waals surface area contributed by atoms with Gasteiger partial charge in [0.25, 0.3) is 0 Å². The molecule has 3 nitrogen and oxygen atoms in total. The second-order valence-corrected chi connectivity index (χ2v) is 4.39. The highest BCUT2D eigenvalue weighted by Gasteiger charge is 2.08.